The van der Waals surface area contributed by atoms with Crippen LogP contribution in [0.1, 0.15) is 49.4 Å². The molecule has 0 bridgehead atoms. The summed E-state index contributed by atoms with van der Waals surface area (Å²) in [7, 11) is 0. The minimum absolute atomic E-state index is 0.561. The summed E-state index contributed by atoms with van der Waals surface area (Å²) in [5.41, 5.74) is 3.17. The summed E-state index contributed by atoms with van der Waals surface area (Å²) in [6.07, 6.45) is 8.62. The molecule has 1 aliphatic carbocycles. The van der Waals surface area contributed by atoms with Gasteiger partial charge in [0.2, 0.25) is 5.95 Å². The molecule has 1 aromatic heterocycles. The van der Waals surface area contributed by atoms with Gasteiger partial charge >= 0.3 is 0 Å². The number of imidazole rings is 1. The molecule has 3 rings (SSSR count). The van der Waals surface area contributed by atoms with E-state index in [0.29, 0.717) is 6.04 Å². The van der Waals surface area contributed by atoms with Crippen LogP contribution >= 0.6 is 11.6 Å². The molecule has 1 N–H and O–H groups in total. The predicted molar refractivity (Wildman–Crippen MR) is 88.6 cm³/mol. The molecule has 1 saturated carbocycles. The third-order valence-corrected chi connectivity index (χ3v) is 4.52. The number of nitrogens with one attached hydrogen (secondary N) is 1. The Morgan fingerprint density at radius 3 is 2.71 bits per heavy atom. The molecule has 112 valence electrons. The highest BCUT2D eigenvalue weighted by molar-refractivity contribution is 6.33. The molecule has 3 nitrogen and oxygen atoms in total. The van der Waals surface area contributed by atoms with Crippen LogP contribution in [0.2, 0.25) is 5.02 Å². The number of aryl methyl sites for hydroxylation is 2. The van der Waals surface area contributed by atoms with Gasteiger partial charge in [0.05, 0.1) is 16.4 Å². The first-order chi connectivity index (χ1) is 10.1. The van der Waals surface area contributed by atoms with E-state index in [0.717, 1.165) is 22.4 Å². The first-order valence-corrected chi connectivity index (χ1v) is 8.10. The first kappa shape index (κ1) is 14.5. The number of nitrogens with zero attached hydrogens (tertiary/aromatic N) is 2. The van der Waals surface area contributed by atoms with Gasteiger partial charge in [0, 0.05) is 12.2 Å². The number of aromatic nitrogens is 2. The molecule has 2 aromatic rings. The van der Waals surface area contributed by atoms with Gasteiger partial charge in [-0.2, -0.15) is 0 Å². The van der Waals surface area contributed by atoms with Gasteiger partial charge in [0.25, 0.3) is 0 Å². The number of rotatable bonds is 3. The van der Waals surface area contributed by atoms with Crippen molar-refractivity contribution >= 4 is 23.2 Å². The van der Waals surface area contributed by atoms with E-state index in [1.165, 1.54) is 37.7 Å². The van der Waals surface area contributed by atoms with Gasteiger partial charge in [0.1, 0.15) is 0 Å². The summed E-state index contributed by atoms with van der Waals surface area (Å²) < 4.78 is 2.30. The molecule has 1 aromatic carbocycles. The molecule has 0 radical (unpaired) electrons. The van der Waals surface area contributed by atoms with Crippen molar-refractivity contribution in [2.75, 3.05) is 5.32 Å². The van der Waals surface area contributed by atoms with Gasteiger partial charge in [-0.05, 0) is 44.4 Å². The van der Waals surface area contributed by atoms with Gasteiger partial charge in [-0.3, -0.25) is 0 Å². The third kappa shape index (κ3) is 3.24. The topological polar surface area (TPSA) is 29.9 Å². The van der Waals surface area contributed by atoms with E-state index >= 15 is 0 Å². The average molecular weight is 304 g/mol. The summed E-state index contributed by atoms with van der Waals surface area (Å²) in [4.78, 5) is 4.65. The van der Waals surface area contributed by atoms with Gasteiger partial charge in [-0.25, -0.2) is 4.98 Å². The molecule has 1 heterocycles. The van der Waals surface area contributed by atoms with Crippen molar-refractivity contribution in [3.05, 3.63) is 40.7 Å². The van der Waals surface area contributed by atoms with Crippen LogP contribution in [0.3, 0.4) is 0 Å². The molecule has 21 heavy (non-hydrogen) atoms. The summed E-state index contributed by atoms with van der Waals surface area (Å²) in [5, 5.41) is 4.15. The number of benzene rings is 1. The Kier molecular flexibility index (Phi) is 4.20. The van der Waals surface area contributed by atoms with Crippen LogP contribution in [0.15, 0.2) is 24.4 Å². The Morgan fingerprint density at radius 1 is 1.19 bits per heavy atom. The predicted octanol–water partition coefficient (Wildman–Crippen LogP) is 5.40. The van der Waals surface area contributed by atoms with Crippen LogP contribution in [0.4, 0.5) is 11.6 Å². The Labute approximate surface area is 131 Å². The van der Waals surface area contributed by atoms with Gasteiger partial charge in [0.15, 0.2) is 0 Å². The number of hydrogen-bond donors (Lipinski definition) is 1. The highest BCUT2D eigenvalue weighted by Gasteiger charge is 2.19. The van der Waals surface area contributed by atoms with Crippen molar-refractivity contribution in [3.63, 3.8) is 0 Å². The van der Waals surface area contributed by atoms with Crippen LogP contribution in [-0.4, -0.2) is 9.55 Å². The standard InChI is InChI=1S/C17H22ClN3/c1-12-8-9-15(18)16(10-12)20-17-19-13(2)11-21(17)14-6-4-3-5-7-14/h8-11,14H,3-7H2,1-2H3,(H,19,20). The summed E-state index contributed by atoms with van der Waals surface area (Å²) >= 11 is 6.29. The minimum Gasteiger partial charge on any atom is -0.324 e. The number of halogens is 1. The Balaban J connectivity index is 1.89. The summed E-state index contributed by atoms with van der Waals surface area (Å²) in [6.45, 7) is 4.11. The maximum Gasteiger partial charge on any atom is 0.207 e. The highest BCUT2D eigenvalue weighted by atomic mass is 35.5. The Morgan fingerprint density at radius 2 is 1.95 bits per heavy atom. The highest BCUT2D eigenvalue weighted by Crippen LogP contribution is 2.33. The second-order valence-corrected chi connectivity index (χ2v) is 6.42. The molecular formula is C17H22ClN3. The van der Waals surface area contributed by atoms with Gasteiger partial charge in [-0.15, -0.1) is 0 Å². The number of hydrogen-bond acceptors (Lipinski definition) is 2. The van der Waals surface area contributed by atoms with E-state index in [1.54, 1.807) is 0 Å². The maximum atomic E-state index is 6.29. The van der Waals surface area contributed by atoms with Crippen LogP contribution in [0, 0.1) is 13.8 Å². The lowest BCUT2D eigenvalue weighted by Crippen LogP contribution is -2.14. The van der Waals surface area contributed by atoms with Crippen molar-refractivity contribution in [2.45, 2.75) is 52.0 Å². The lowest BCUT2D eigenvalue weighted by molar-refractivity contribution is 0.356. The van der Waals surface area contributed by atoms with E-state index in [4.69, 9.17) is 11.6 Å². The molecule has 1 aliphatic rings. The normalized spacial score (nSPS) is 16.1. The van der Waals surface area contributed by atoms with Crippen molar-refractivity contribution in [3.8, 4) is 0 Å². The largest absolute Gasteiger partial charge is 0.324 e. The molecule has 0 unspecified atom stereocenters. The number of anilines is 2. The second kappa shape index (κ2) is 6.10. The molecule has 0 amide bonds. The van der Waals surface area contributed by atoms with Crippen LogP contribution in [-0.2, 0) is 0 Å². The zero-order valence-corrected chi connectivity index (χ0v) is 13.5. The van der Waals surface area contributed by atoms with Crippen LogP contribution in [0.25, 0.3) is 0 Å². The molecule has 0 aliphatic heterocycles. The lowest BCUT2D eigenvalue weighted by atomic mass is 9.95. The van der Waals surface area contributed by atoms with Crippen molar-refractivity contribution < 1.29 is 0 Å². The molecule has 0 atom stereocenters. The second-order valence-electron chi connectivity index (χ2n) is 6.01. The minimum atomic E-state index is 0.561. The van der Waals surface area contributed by atoms with Crippen LogP contribution in [0.5, 0.6) is 0 Å². The van der Waals surface area contributed by atoms with E-state index in [-0.39, 0.29) is 0 Å². The van der Waals surface area contributed by atoms with E-state index in [9.17, 15) is 0 Å². The molecule has 0 saturated heterocycles. The zero-order chi connectivity index (χ0) is 14.8. The molecule has 4 heteroatoms. The van der Waals surface area contributed by atoms with Crippen molar-refractivity contribution in [1.82, 2.24) is 9.55 Å². The summed E-state index contributed by atoms with van der Waals surface area (Å²) in [5.74, 6) is 0.909. The fourth-order valence-electron chi connectivity index (χ4n) is 3.10. The molecule has 0 spiro atoms. The zero-order valence-electron chi connectivity index (χ0n) is 12.7. The van der Waals surface area contributed by atoms with Crippen molar-refractivity contribution in [2.24, 2.45) is 0 Å². The first-order valence-electron chi connectivity index (χ1n) is 7.72. The monoisotopic (exact) mass is 303 g/mol. The maximum absolute atomic E-state index is 6.29. The smallest absolute Gasteiger partial charge is 0.207 e. The Bertz CT molecular complexity index is 627. The van der Waals surface area contributed by atoms with Crippen LogP contribution < -0.4 is 5.32 Å². The quantitative estimate of drug-likeness (QED) is 0.822. The molecule has 1 fully saturated rings. The van der Waals surface area contributed by atoms with E-state index in [2.05, 4.69) is 34.1 Å². The Hall–Kier alpha value is -1.48. The third-order valence-electron chi connectivity index (χ3n) is 4.19. The van der Waals surface area contributed by atoms with Gasteiger partial charge < -0.3 is 9.88 Å². The van der Waals surface area contributed by atoms with Crippen molar-refractivity contribution in [1.29, 1.82) is 0 Å². The average Bonchev–Trinajstić information content (AvgIpc) is 2.85. The van der Waals surface area contributed by atoms with Gasteiger partial charge in [-0.1, -0.05) is 36.9 Å². The van der Waals surface area contributed by atoms with E-state index < -0.39 is 0 Å². The SMILES string of the molecule is Cc1ccc(Cl)c(Nc2nc(C)cn2C2CCCCC2)c1. The fourth-order valence-corrected chi connectivity index (χ4v) is 3.27. The lowest BCUT2D eigenvalue weighted by Gasteiger charge is -2.25. The fraction of sp³-hybridized carbons (Fsp3) is 0.471. The summed E-state index contributed by atoms with van der Waals surface area (Å²) in [6, 6.07) is 6.58. The molecular weight excluding hydrogens is 282 g/mol. The van der Waals surface area contributed by atoms with E-state index in [1.807, 2.05) is 19.1 Å².